The van der Waals surface area contributed by atoms with Crippen LogP contribution in [0.5, 0.6) is 0 Å². The molecule has 0 bridgehead atoms. The summed E-state index contributed by atoms with van der Waals surface area (Å²) in [6.07, 6.45) is 0.994. The molecular weight excluding hydrogens is 158 g/mol. The van der Waals surface area contributed by atoms with Crippen molar-refractivity contribution in [3.8, 4) is 0 Å². The molecule has 0 aliphatic carbocycles. The lowest BCUT2D eigenvalue weighted by molar-refractivity contribution is 0.955. The van der Waals surface area contributed by atoms with Gasteiger partial charge in [-0.15, -0.1) is 0 Å². The summed E-state index contributed by atoms with van der Waals surface area (Å²) >= 11 is 0. The van der Waals surface area contributed by atoms with E-state index in [1.54, 1.807) is 0 Å². The van der Waals surface area contributed by atoms with Crippen LogP contribution in [-0.2, 0) is 6.42 Å². The monoisotopic (exact) mass is 179 g/mol. The molecule has 1 heteroatoms. The van der Waals surface area contributed by atoms with Crippen LogP contribution in [0.3, 0.4) is 0 Å². The molecule has 0 saturated carbocycles. The van der Waals surface area contributed by atoms with Crippen LogP contribution in [0, 0.1) is 13.8 Å². The van der Waals surface area contributed by atoms with Gasteiger partial charge in [0, 0.05) is 0 Å². The fourth-order valence-corrected chi connectivity index (χ4v) is 1.23. The van der Waals surface area contributed by atoms with E-state index in [2.05, 4.69) is 32.0 Å². The van der Waals surface area contributed by atoms with Crippen LogP contribution in [0.25, 0.3) is 0 Å². The minimum atomic E-state index is 0.740. The molecule has 0 aliphatic heterocycles. The lowest BCUT2D eigenvalue weighted by Crippen LogP contribution is -2.04. The molecular formula is C12H21N. The summed E-state index contributed by atoms with van der Waals surface area (Å²) in [5.41, 5.74) is 9.53. The summed E-state index contributed by atoms with van der Waals surface area (Å²) in [5, 5.41) is 0. The molecule has 0 unspecified atom stereocenters. The van der Waals surface area contributed by atoms with Crippen molar-refractivity contribution in [2.24, 2.45) is 5.73 Å². The maximum atomic E-state index is 5.48. The van der Waals surface area contributed by atoms with Crippen LogP contribution in [0.1, 0.15) is 30.5 Å². The Bertz CT molecular complexity index is 241. The van der Waals surface area contributed by atoms with Crippen LogP contribution in [0.2, 0.25) is 0 Å². The highest BCUT2D eigenvalue weighted by Crippen LogP contribution is 2.10. The molecule has 74 valence electrons. The molecule has 0 heterocycles. The zero-order valence-electron chi connectivity index (χ0n) is 9.22. The van der Waals surface area contributed by atoms with E-state index in [0.29, 0.717) is 0 Å². The van der Waals surface area contributed by atoms with Gasteiger partial charge in [-0.3, -0.25) is 0 Å². The van der Waals surface area contributed by atoms with Gasteiger partial charge in [-0.25, -0.2) is 0 Å². The third-order valence-electron chi connectivity index (χ3n) is 1.92. The Balaban J connectivity index is 0.000000671. The molecule has 0 spiro atoms. The minimum Gasteiger partial charge on any atom is -0.330 e. The summed E-state index contributed by atoms with van der Waals surface area (Å²) in [6.45, 7) is 8.98. The summed E-state index contributed by atoms with van der Waals surface area (Å²) < 4.78 is 0. The molecule has 0 aromatic heterocycles. The van der Waals surface area contributed by atoms with Gasteiger partial charge in [-0.2, -0.15) is 0 Å². The van der Waals surface area contributed by atoms with Crippen molar-refractivity contribution in [1.82, 2.24) is 0 Å². The normalized spacial score (nSPS) is 9.00. The number of aryl methyl sites for hydroxylation is 2. The number of nitrogens with two attached hydrogens (primary N) is 1. The molecule has 1 aromatic rings. The zero-order valence-corrected chi connectivity index (χ0v) is 9.22. The Labute approximate surface area is 82.0 Å². The maximum absolute atomic E-state index is 5.48. The third kappa shape index (κ3) is 4.09. The highest BCUT2D eigenvalue weighted by atomic mass is 14.5. The van der Waals surface area contributed by atoms with Crippen molar-refractivity contribution < 1.29 is 0 Å². The zero-order chi connectivity index (χ0) is 10.3. The van der Waals surface area contributed by atoms with Crippen molar-refractivity contribution >= 4 is 0 Å². The van der Waals surface area contributed by atoms with Crippen LogP contribution >= 0.6 is 0 Å². The van der Waals surface area contributed by atoms with Gasteiger partial charge >= 0.3 is 0 Å². The average Bonchev–Trinajstić information content (AvgIpc) is 2.15. The fraction of sp³-hybridized carbons (Fsp3) is 0.500. The van der Waals surface area contributed by atoms with Crippen molar-refractivity contribution in [3.63, 3.8) is 0 Å². The topological polar surface area (TPSA) is 26.0 Å². The van der Waals surface area contributed by atoms with E-state index in [-0.39, 0.29) is 0 Å². The van der Waals surface area contributed by atoms with Gasteiger partial charge in [-0.05, 0) is 37.9 Å². The summed E-state index contributed by atoms with van der Waals surface area (Å²) in [7, 11) is 0. The predicted molar refractivity (Wildman–Crippen MR) is 60.0 cm³/mol. The largest absolute Gasteiger partial charge is 0.330 e. The SMILES string of the molecule is CC.Cc1ccc(C)c(CCN)c1. The highest BCUT2D eigenvalue weighted by Gasteiger charge is 1.95. The second-order valence-corrected chi connectivity index (χ2v) is 2.97. The molecule has 0 fully saturated rings. The molecule has 0 atom stereocenters. The van der Waals surface area contributed by atoms with Gasteiger partial charge in [0.2, 0.25) is 0 Å². The van der Waals surface area contributed by atoms with Gasteiger partial charge in [0.25, 0.3) is 0 Å². The van der Waals surface area contributed by atoms with Crippen molar-refractivity contribution in [2.45, 2.75) is 34.1 Å². The maximum Gasteiger partial charge on any atom is -0.00366 e. The second-order valence-electron chi connectivity index (χ2n) is 2.97. The average molecular weight is 179 g/mol. The first-order chi connectivity index (χ1) is 6.24. The van der Waals surface area contributed by atoms with Gasteiger partial charge < -0.3 is 5.73 Å². The Morgan fingerprint density at radius 3 is 2.31 bits per heavy atom. The fourth-order valence-electron chi connectivity index (χ4n) is 1.23. The Kier molecular flexibility index (Phi) is 6.25. The first kappa shape index (κ1) is 12.2. The van der Waals surface area contributed by atoms with E-state index in [1.165, 1.54) is 16.7 Å². The number of hydrogen-bond donors (Lipinski definition) is 1. The summed E-state index contributed by atoms with van der Waals surface area (Å²) in [6, 6.07) is 6.50. The molecule has 0 saturated heterocycles. The van der Waals surface area contributed by atoms with Crippen LogP contribution in [0.15, 0.2) is 18.2 Å². The third-order valence-corrected chi connectivity index (χ3v) is 1.92. The lowest BCUT2D eigenvalue weighted by atomic mass is 10.0. The Hall–Kier alpha value is -0.820. The van der Waals surface area contributed by atoms with E-state index in [1.807, 2.05) is 13.8 Å². The first-order valence-electron chi connectivity index (χ1n) is 5.00. The molecule has 0 amide bonds. The molecule has 1 rings (SSSR count). The van der Waals surface area contributed by atoms with Crippen molar-refractivity contribution in [1.29, 1.82) is 0 Å². The highest BCUT2D eigenvalue weighted by molar-refractivity contribution is 5.30. The summed E-state index contributed by atoms with van der Waals surface area (Å²) in [4.78, 5) is 0. The van der Waals surface area contributed by atoms with E-state index in [0.717, 1.165) is 13.0 Å². The number of benzene rings is 1. The molecule has 0 radical (unpaired) electrons. The molecule has 0 aliphatic rings. The van der Waals surface area contributed by atoms with Gasteiger partial charge in [0.05, 0.1) is 0 Å². The Morgan fingerprint density at radius 2 is 1.77 bits per heavy atom. The first-order valence-corrected chi connectivity index (χ1v) is 5.00. The van der Waals surface area contributed by atoms with Gasteiger partial charge in [0.1, 0.15) is 0 Å². The van der Waals surface area contributed by atoms with Crippen molar-refractivity contribution in [2.75, 3.05) is 6.54 Å². The molecule has 2 N–H and O–H groups in total. The number of rotatable bonds is 2. The van der Waals surface area contributed by atoms with E-state index in [9.17, 15) is 0 Å². The van der Waals surface area contributed by atoms with Gasteiger partial charge in [-0.1, -0.05) is 37.6 Å². The van der Waals surface area contributed by atoms with E-state index >= 15 is 0 Å². The molecule has 1 aromatic carbocycles. The van der Waals surface area contributed by atoms with E-state index < -0.39 is 0 Å². The van der Waals surface area contributed by atoms with E-state index in [4.69, 9.17) is 5.73 Å². The standard InChI is InChI=1S/C10H15N.C2H6/c1-8-3-4-9(2)10(7-8)5-6-11;1-2/h3-4,7H,5-6,11H2,1-2H3;1-2H3. The van der Waals surface area contributed by atoms with Crippen molar-refractivity contribution in [3.05, 3.63) is 34.9 Å². The number of hydrogen-bond acceptors (Lipinski definition) is 1. The van der Waals surface area contributed by atoms with Crippen LogP contribution < -0.4 is 5.73 Å². The quantitative estimate of drug-likeness (QED) is 0.742. The lowest BCUT2D eigenvalue weighted by Gasteiger charge is -2.04. The molecule has 1 nitrogen and oxygen atoms in total. The van der Waals surface area contributed by atoms with Crippen LogP contribution in [0.4, 0.5) is 0 Å². The molecule has 13 heavy (non-hydrogen) atoms. The summed E-state index contributed by atoms with van der Waals surface area (Å²) in [5.74, 6) is 0. The van der Waals surface area contributed by atoms with Gasteiger partial charge in [0.15, 0.2) is 0 Å². The Morgan fingerprint density at radius 1 is 1.15 bits per heavy atom. The smallest absolute Gasteiger partial charge is 0.00366 e. The predicted octanol–water partition coefficient (Wildman–Crippen LogP) is 2.83. The van der Waals surface area contributed by atoms with Crippen LogP contribution in [-0.4, -0.2) is 6.54 Å². The minimum absolute atomic E-state index is 0.740. The second kappa shape index (κ2) is 6.67.